The summed E-state index contributed by atoms with van der Waals surface area (Å²) in [6.07, 6.45) is 3.06. The van der Waals surface area contributed by atoms with Crippen LogP contribution < -0.4 is 4.72 Å². The number of thiazole rings is 1. The fraction of sp³-hybridized carbons (Fsp3) is 0.300. The number of aryl methyl sites for hydroxylation is 2. The van der Waals surface area contributed by atoms with Gasteiger partial charge in [0.25, 0.3) is 10.0 Å². The molecule has 9 heteroatoms. The first kappa shape index (κ1) is 14.2. The first-order chi connectivity index (χ1) is 8.92. The van der Waals surface area contributed by atoms with Crippen LogP contribution in [0.2, 0.25) is 5.28 Å². The van der Waals surface area contributed by atoms with Crippen LogP contribution in [0, 0.1) is 6.92 Å². The summed E-state index contributed by atoms with van der Waals surface area (Å²) >= 11 is 6.81. The van der Waals surface area contributed by atoms with Crippen LogP contribution in [-0.4, -0.2) is 23.4 Å². The van der Waals surface area contributed by atoms with Crippen LogP contribution in [0.4, 0.5) is 5.13 Å². The van der Waals surface area contributed by atoms with Gasteiger partial charge in [0, 0.05) is 4.88 Å². The molecule has 102 valence electrons. The maximum absolute atomic E-state index is 12.1. The summed E-state index contributed by atoms with van der Waals surface area (Å²) in [5.41, 5.74) is 0.884. The molecule has 0 spiro atoms. The van der Waals surface area contributed by atoms with Crippen molar-refractivity contribution >= 4 is 38.1 Å². The Morgan fingerprint density at radius 2 is 2.00 bits per heavy atom. The van der Waals surface area contributed by atoms with E-state index in [-0.39, 0.29) is 10.2 Å². The summed E-state index contributed by atoms with van der Waals surface area (Å²) in [7, 11) is -3.73. The molecule has 0 amide bonds. The minimum atomic E-state index is -3.73. The molecule has 0 unspecified atom stereocenters. The average molecular weight is 319 g/mol. The van der Waals surface area contributed by atoms with Crippen molar-refractivity contribution in [1.82, 2.24) is 15.0 Å². The fourth-order valence-electron chi connectivity index (χ4n) is 1.41. The van der Waals surface area contributed by atoms with E-state index in [1.54, 1.807) is 0 Å². The largest absolute Gasteiger partial charge is 0.266 e. The van der Waals surface area contributed by atoms with Gasteiger partial charge in [-0.05, 0) is 24.9 Å². The molecule has 6 nitrogen and oxygen atoms in total. The molecule has 0 aromatic carbocycles. The molecule has 0 saturated heterocycles. The zero-order valence-corrected chi connectivity index (χ0v) is 12.6. The maximum Gasteiger partial charge on any atom is 0.266 e. The zero-order valence-electron chi connectivity index (χ0n) is 10.2. The monoisotopic (exact) mass is 318 g/mol. The molecule has 0 aliphatic carbocycles. The normalized spacial score (nSPS) is 11.5. The van der Waals surface area contributed by atoms with Gasteiger partial charge in [-0.1, -0.05) is 6.92 Å². The topological polar surface area (TPSA) is 84.8 Å². The van der Waals surface area contributed by atoms with E-state index in [1.165, 1.54) is 11.3 Å². The van der Waals surface area contributed by atoms with Crippen LogP contribution in [0.25, 0.3) is 0 Å². The van der Waals surface area contributed by atoms with E-state index < -0.39 is 10.0 Å². The van der Waals surface area contributed by atoms with Gasteiger partial charge in [-0.3, -0.25) is 4.72 Å². The van der Waals surface area contributed by atoms with Crippen LogP contribution in [-0.2, 0) is 16.4 Å². The third-order valence-corrected chi connectivity index (χ3v) is 4.90. The second kappa shape index (κ2) is 5.40. The van der Waals surface area contributed by atoms with Crippen molar-refractivity contribution in [2.45, 2.75) is 25.2 Å². The van der Waals surface area contributed by atoms with Crippen molar-refractivity contribution in [1.29, 1.82) is 0 Å². The number of sulfonamides is 1. The Balaban J connectivity index is 2.28. The van der Waals surface area contributed by atoms with Crippen LogP contribution in [0.3, 0.4) is 0 Å². The number of hydrogen-bond donors (Lipinski definition) is 1. The van der Waals surface area contributed by atoms with Gasteiger partial charge in [0.1, 0.15) is 4.90 Å². The van der Waals surface area contributed by atoms with E-state index >= 15 is 0 Å². The average Bonchev–Trinajstić information content (AvgIpc) is 2.69. The molecule has 0 fully saturated rings. The van der Waals surface area contributed by atoms with E-state index in [0.717, 1.165) is 29.4 Å². The summed E-state index contributed by atoms with van der Waals surface area (Å²) in [5.74, 6) is 0. The molecule has 2 aromatic rings. The molecule has 0 aliphatic heterocycles. The Labute approximate surface area is 119 Å². The molecule has 0 aliphatic rings. The first-order valence-electron chi connectivity index (χ1n) is 5.39. The predicted octanol–water partition coefficient (Wildman–Crippen LogP) is 2.26. The maximum atomic E-state index is 12.1. The zero-order chi connectivity index (χ0) is 14.0. The first-order valence-corrected chi connectivity index (χ1v) is 8.07. The molecule has 0 radical (unpaired) electrons. The lowest BCUT2D eigenvalue weighted by Gasteiger charge is -2.03. The molecule has 19 heavy (non-hydrogen) atoms. The third kappa shape index (κ3) is 3.20. The molecule has 0 saturated carbocycles. The molecule has 2 aromatic heterocycles. The summed E-state index contributed by atoms with van der Waals surface area (Å²) < 4.78 is 26.5. The lowest BCUT2D eigenvalue weighted by atomic mass is 10.3. The number of aromatic nitrogens is 3. The summed E-state index contributed by atoms with van der Waals surface area (Å²) in [6, 6.07) is 0. The second-order valence-corrected chi connectivity index (χ2v) is 6.89. The number of halogens is 1. The highest BCUT2D eigenvalue weighted by Gasteiger charge is 2.18. The summed E-state index contributed by atoms with van der Waals surface area (Å²) in [6.45, 7) is 3.87. The van der Waals surface area contributed by atoms with Gasteiger partial charge in [0.2, 0.25) is 5.28 Å². The Bertz CT molecular complexity index is 682. The Morgan fingerprint density at radius 3 is 2.53 bits per heavy atom. The Hall–Kier alpha value is -1.25. The summed E-state index contributed by atoms with van der Waals surface area (Å²) in [4.78, 5) is 12.4. The third-order valence-electron chi connectivity index (χ3n) is 2.36. The number of nitrogens with zero attached hydrogens (tertiary/aromatic N) is 3. The lowest BCUT2D eigenvalue weighted by molar-refractivity contribution is 0.600. The lowest BCUT2D eigenvalue weighted by Crippen LogP contribution is -2.13. The highest BCUT2D eigenvalue weighted by atomic mass is 35.5. The van der Waals surface area contributed by atoms with Gasteiger partial charge in [-0.25, -0.2) is 23.4 Å². The Morgan fingerprint density at radius 1 is 1.37 bits per heavy atom. The highest BCUT2D eigenvalue weighted by Crippen LogP contribution is 2.24. The van der Waals surface area contributed by atoms with Crippen molar-refractivity contribution in [3.63, 3.8) is 0 Å². The van der Waals surface area contributed by atoms with Crippen LogP contribution in [0.1, 0.15) is 17.5 Å². The van der Waals surface area contributed by atoms with E-state index in [0.29, 0.717) is 5.13 Å². The number of hydrogen-bond acceptors (Lipinski definition) is 6. The van der Waals surface area contributed by atoms with Crippen LogP contribution >= 0.6 is 22.9 Å². The van der Waals surface area contributed by atoms with Crippen molar-refractivity contribution < 1.29 is 8.42 Å². The van der Waals surface area contributed by atoms with Gasteiger partial charge in [0.15, 0.2) is 5.13 Å². The van der Waals surface area contributed by atoms with E-state index in [1.807, 2.05) is 13.8 Å². The van der Waals surface area contributed by atoms with Crippen LogP contribution in [0.5, 0.6) is 0 Å². The minimum absolute atomic E-state index is 0.00249. The second-order valence-electron chi connectivity index (χ2n) is 3.67. The molecular formula is C10H11ClN4O2S2. The van der Waals surface area contributed by atoms with Gasteiger partial charge >= 0.3 is 0 Å². The quantitative estimate of drug-likeness (QED) is 0.874. The summed E-state index contributed by atoms with van der Waals surface area (Å²) in [5, 5.41) is 0.335. The van der Waals surface area contributed by atoms with Gasteiger partial charge in [-0.2, -0.15) is 0 Å². The fourth-order valence-corrected chi connectivity index (χ4v) is 3.54. The molecule has 2 rings (SSSR count). The number of nitrogens with one attached hydrogen (secondary N) is 1. The van der Waals surface area contributed by atoms with Crippen molar-refractivity contribution in [3.05, 3.63) is 28.2 Å². The van der Waals surface area contributed by atoms with Crippen molar-refractivity contribution in [2.75, 3.05) is 4.72 Å². The molecule has 2 heterocycles. The molecular weight excluding hydrogens is 308 g/mol. The molecule has 0 bridgehead atoms. The number of rotatable bonds is 4. The standard InChI is InChI=1S/C10H11ClN4O2S2/c1-3-8-6(2)18-10(14-8)15-19(16,17)7-4-12-9(11)13-5-7/h4-5H,3H2,1-2H3,(H,14,15). The van der Waals surface area contributed by atoms with Gasteiger partial charge < -0.3 is 0 Å². The van der Waals surface area contributed by atoms with E-state index in [2.05, 4.69) is 19.7 Å². The minimum Gasteiger partial charge on any atom is -0.255 e. The predicted molar refractivity (Wildman–Crippen MR) is 74.1 cm³/mol. The SMILES string of the molecule is CCc1nc(NS(=O)(=O)c2cnc(Cl)nc2)sc1C. The molecule has 1 N–H and O–H groups in total. The Kier molecular flexibility index (Phi) is 4.02. The molecule has 0 atom stereocenters. The van der Waals surface area contributed by atoms with E-state index in [9.17, 15) is 8.42 Å². The van der Waals surface area contributed by atoms with Gasteiger partial charge in [-0.15, -0.1) is 11.3 Å². The van der Waals surface area contributed by atoms with Crippen molar-refractivity contribution in [2.24, 2.45) is 0 Å². The van der Waals surface area contributed by atoms with E-state index in [4.69, 9.17) is 11.6 Å². The smallest absolute Gasteiger partial charge is 0.255 e. The van der Waals surface area contributed by atoms with Crippen LogP contribution in [0.15, 0.2) is 17.3 Å². The van der Waals surface area contributed by atoms with Gasteiger partial charge in [0.05, 0.1) is 18.1 Å². The highest BCUT2D eigenvalue weighted by molar-refractivity contribution is 7.93. The number of anilines is 1. The van der Waals surface area contributed by atoms with Crippen molar-refractivity contribution in [3.8, 4) is 0 Å².